The van der Waals surface area contributed by atoms with Gasteiger partial charge in [0.05, 0.1) is 11.3 Å². The van der Waals surface area contributed by atoms with E-state index in [9.17, 15) is 4.79 Å². The molecule has 0 aliphatic heterocycles. The lowest BCUT2D eigenvalue weighted by atomic mass is 10.1. The Morgan fingerprint density at radius 1 is 1.47 bits per heavy atom. The molecule has 1 amide bonds. The van der Waals surface area contributed by atoms with Crippen LogP contribution in [0, 0.1) is 6.92 Å². The third-order valence-corrected chi connectivity index (χ3v) is 3.32. The average Bonchev–Trinajstić information content (AvgIpc) is 2.33. The van der Waals surface area contributed by atoms with Gasteiger partial charge in [0.1, 0.15) is 0 Å². The molecule has 0 spiro atoms. The number of carbonyl (C=O) groups is 1. The van der Waals surface area contributed by atoms with E-state index in [-0.39, 0.29) is 11.1 Å². The predicted octanol–water partition coefficient (Wildman–Crippen LogP) is 3.64. The molecule has 0 bridgehead atoms. The molecule has 1 aromatic heterocycles. The Balaban J connectivity index is 2.34. The number of amides is 1. The van der Waals surface area contributed by atoms with Gasteiger partial charge < -0.3 is 11.1 Å². The van der Waals surface area contributed by atoms with Crippen LogP contribution >= 0.6 is 27.5 Å². The zero-order valence-corrected chi connectivity index (χ0v) is 12.4. The number of anilines is 2. The van der Waals surface area contributed by atoms with E-state index in [1.807, 2.05) is 13.0 Å². The first-order valence-electron chi connectivity index (χ1n) is 5.46. The number of nitrogens with two attached hydrogens (primary N) is 1. The van der Waals surface area contributed by atoms with Crippen LogP contribution in [0.15, 0.2) is 34.9 Å². The fourth-order valence-electron chi connectivity index (χ4n) is 1.70. The molecule has 2 rings (SSSR count). The van der Waals surface area contributed by atoms with Gasteiger partial charge in [-0.15, -0.1) is 0 Å². The smallest absolute Gasteiger partial charge is 0.258 e. The number of hydrogen-bond donors (Lipinski definition) is 2. The number of pyridine rings is 1. The number of nitrogens with one attached hydrogen (secondary N) is 1. The molecule has 0 aliphatic rings. The highest BCUT2D eigenvalue weighted by Crippen LogP contribution is 2.25. The van der Waals surface area contributed by atoms with Gasteiger partial charge in [-0.25, -0.2) is 4.98 Å². The highest BCUT2D eigenvalue weighted by Gasteiger charge is 2.14. The topological polar surface area (TPSA) is 68.0 Å². The monoisotopic (exact) mass is 339 g/mol. The minimum absolute atomic E-state index is 0.226. The van der Waals surface area contributed by atoms with Gasteiger partial charge in [-0.2, -0.15) is 0 Å². The maximum absolute atomic E-state index is 12.2. The number of aryl methyl sites for hydroxylation is 1. The summed E-state index contributed by atoms with van der Waals surface area (Å²) in [5.41, 5.74) is 7.93. The minimum Gasteiger partial charge on any atom is -0.398 e. The van der Waals surface area contributed by atoms with E-state index in [1.165, 1.54) is 0 Å². The number of aromatic nitrogens is 1. The fourth-order valence-corrected chi connectivity index (χ4v) is 2.18. The standard InChI is InChI=1S/C13H11BrClN3O/c1-7-3-2-4-9(16)11(7)13(19)18-10-5-8(14)6-17-12(10)15/h2-6H,16H2,1H3,(H,18,19). The van der Waals surface area contributed by atoms with Gasteiger partial charge in [0.25, 0.3) is 5.91 Å². The van der Waals surface area contributed by atoms with Crippen LogP contribution in [0.5, 0.6) is 0 Å². The second-order valence-electron chi connectivity index (χ2n) is 3.99. The molecule has 1 heterocycles. The molecule has 0 saturated heterocycles. The summed E-state index contributed by atoms with van der Waals surface area (Å²) in [5, 5.41) is 2.93. The summed E-state index contributed by atoms with van der Waals surface area (Å²) < 4.78 is 0.727. The van der Waals surface area contributed by atoms with Crippen molar-refractivity contribution in [1.82, 2.24) is 4.98 Å². The number of nitrogens with zero attached hydrogens (tertiary/aromatic N) is 1. The SMILES string of the molecule is Cc1cccc(N)c1C(=O)Nc1cc(Br)cnc1Cl. The minimum atomic E-state index is -0.308. The van der Waals surface area contributed by atoms with Gasteiger partial charge >= 0.3 is 0 Å². The lowest BCUT2D eigenvalue weighted by Crippen LogP contribution is -2.16. The van der Waals surface area contributed by atoms with Crippen molar-refractivity contribution in [3.63, 3.8) is 0 Å². The summed E-state index contributed by atoms with van der Waals surface area (Å²) in [7, 11) is 0. The Morgan fingerprint density at radius 3 is 2.89 bits per heavy atom. The van der Waals surface area contributed by atoms with Gasteiger partial charge in [0, 0.05) is 16.4 Å². The van der Waals surface area contributed by atoms with Crippen molar-refractivity contribution >= 4 is 44.8 Å². The highest BCUT2D eigenvalue weighted by atomic mass is 79.9. The third kappa shape index (κ3) is 3.05. The number of benzene rings is 1. The van der Waals surface area contributed by atoms with Crippen molar-refractivity contribution in [3.8, 4) is 0 Å². The van der Waals surface area contributed by atoms with E-state index < -0.39 is 0 Å². The number of rotatable bonds is 2. The largest absolute Gasteiger partial charge is 0.398 e. The number of halogens is 2. The maximum Gasteiger partial charge on any atom is 0.258 e. The Labute approximate surface area is 124 Å². The van der Waals surface area contributed by atoms with Crippen LogP contribution in [0.2, 0.25) is 5.15 Å². The van der Waals surface area contributed by atoms with Crippen molar-refractivity contribution in [2.75, 3.05) is 11.1 Å². The van der Waals surface area contributed by atoms with Gasteiger partial charge in [-0.05, 0) is 40.5 Å². The summed E-state index contributed by atoms with van der Waals surface area (Å²) in [6.45, 7) is 1.83. The molecule has 98 valence electrons. The molecule has 0 radical (unpaired) electrons. The zero-order valence-electron chi connectivity index (χ0n) is 10.1. The normalized spacial score (nSPS) is 10.3. The van der Waals surface area contributed by atoms with Crippen LogP contribution in [0.1, 0.15) is 15.9 Å². The molecule has 0 unspecified atom stereocenters. The Bertz CT molecular complexity index is 626. The number of hydrogen-bond acceptors (Lipinski definition) is 3. The zero-order chi connectivity index (χ0) is 14.0. The molecule has 2 aromatic rings. The summed E-state index contributed by atoms with van der Waals surface area (Å²) in [6, 6.07) is 6.99. The van der Waals surface area contributed by atoms with E-state index in [4.69, 9.17) is 17.3 Å². The Kier molecular flexibility index (Phi) is 4.07. The van der Waals surface area contributed by atoms with Crippen LogP contribution in [-0.4, -0.2) is 10.9 Å². The molecule has 0 fully saturated rings. The van der Waals surface area contributed by atoms with E-state index in [2.05, 4.69) is 26.2 Å². The summed E-state index contributed by atoms with van der Waals surface area (Å²) in [4.78, 5) is 16.2. The first-order valence-corrected chi connectivity index (χ1v) is 6.63. The van der Waals surface area contributed by atoms with Crippen molar-refractivity contribution in [3.05, 3.63) is 51.2 Å². The van der Waals surface area contributed by atoms with Gasteiger partial charge in [-0.1, -0.05) is 23.7 Å². The van der Waals surface area contributed by atoms with E-state index in [0.29, 0.717) is 16.9 Å². The molecular formula is C13H11BrClN3O. The lowest BCUT2D eigenvalue weighted by molar-refractivity contribution is 0.102. The number of nitrogen functional groups attached to an aromatic ring is 1. The molecule has 0 saturated carbocycles. The molecule has 3 N–H and O–H groups in total. The first kappa shape index (κ1) is 13.8. The quantitative estimate of drug-likeness (QED) is 0.648. The molecule has 6 heteroatoms. The number of carbonyl (C=O) groups excluding carboxylic acids is 1. The summed E-state index contributed by atoms with van der Waals surface area (Å²) in [5.74, 6) is -0.308. The van der Waals surface area contributed by atoms with Crippen LogP contribution in [0.3, 0.4) is 0 Å². The second kappa shape index (κ2) is 5.59. The van der Waals surface area contributed by atoms with E-state index in [1.54, 1.807) is 24.4 Å². The van der Waals surface area contributed by atoms with Crippen molar-refractivity contribution < 1.29 is 4.79 Å². The predicted molar refractivity (Wildman–Crippen MR) is 80.5 cm³/mol. The van der Waals surface area contributed by atoms with E-state index in [0.717, 1.165) is 10.0 Å². The van der Waals surface area contributed by atoms with Crippen LogP contribution in [0.4, 0.5) is 11.4 Å². The summed E-state index contributed by atoms with van der Waals surface area (Å²) >= 11 is 9.20. The fraction of sp³-hybridized carbons (Fsp3) is 0.0769. The molecular weight excluding hydrogens is 330 g/mol. The molecule has 0 aliphatic carbocycles. The summed E-state index contributed by atoms with van der Waals surface area (Å²) in [6.07, 6.45) is 1.56. The maximum atomic E-state index is 12.2. The highest BCUT2D eigenvalue weighted by molar-refractivity contribution is 9.10. The van der Waals surface area contributed by atoms with Crippen LogP contribution in [-0.2, 0) is 0 Å². The Morgan fingerprint density at radius 2 is 2.21 bits per heavy atom. The Hall–Kier alpha value is -1.59. The molecule has 4 nitrogen and oxygen atoms in total. The third-order valence-electron chi connectivity index (χ3n) is 2.59. The van der Waals surface area contributed by atoms with Gasteiger partial charge in [0.15, 0.2) is 5.15 Å². The first-order chi connectivity index (χ1) is 8.99. The molecule has 19 heavy (non-hydrogen) atoms. The van der Waals surface area contributed by atoms with Gasteiger partial charge in [-0.3, -0.25) is 4.79 Å². The van der Waals surface area contributed by atoms with Crippen molar-refractivity contribution in [1.29, 1.82) is 0 Å². The van der Waals surface area contributed by atoms with Crippen LogP contribution in [0.25, 0.3) is 0 Å². The molecule has 1 aromatic carbocycles. The average molecular weight is 341 g/mol. The van der Waals surface area contributed by atoms with Crippen molar-refractivity contribution in [2.24, 2.45) is 0 Å². The molecule has 0 atom stereocenters. The van der Waals surface area contributed by atoms with E-state index >= 15 is 0 Å². The van der Waals surface area contributed by atoms with Crippen molar-refractivity contribution in [2.45, 2.75) is 6.92 Å². The van der Waals surface area contributed by atoms with Crippen LogP contribution < -0.4 is 11.1 Å². The second-order valence-corrected chi connectivity index (χ2v) is 5.26. The van der Waals surface area contributed by atoms with Gasteiger partial charge in [0.2, 0.25) is 0 Å². The lowest BCUT2D eigenvalue weighted by Gasteiger charge is -2.11.